The molecule has 0 radical (unpaired) electrons. The molecule has 2 atom stereocenters. The van der Waals surface area contributed by atoms with Crippen LogP contribution in [0.1, 0.15) is 44.7 Å². The summed E-state index contributed by atoms with van der Waals surface area (Å²) < 4.78 is 5.78. The zero-order chi connectivity index (χ0) is 20.4. The Balaban J connectivity index is 1.31. The normalized spacial score (nSPS) is 24.1. The Kier molecular flexibility index (Phi) is 6.01. The minimum absolute atomic E-state index is 0.240. The first-order valence-electron chi connectivity index (χ1n) is 10.8. The molecule has 6 heteroatoms. The molecular formula is C23H32N4O2. The number of benzene rings is 1. The van der Waals surface area contributed by atoms with Crippen molar-refractivity contribution in [2.75, 3.05) is 38.5 Å². The van der Waals surface area contributed by atoms with Gasteiger partial charge < -0.3 is 15.4 Å². The van der Waals surface area contributed by atoms with E-state index in [9.17, 15) is 4.79 Å². The van der Waals surface area contributed by atoms with E-state index in [4.69, 9.17) is 15.5 Å². The van der Waals surface area contributed by atoms with Crippen molar-refractivity contribution in [3.63, 3.8) is 0 Å². The molecule has 0 saturated carbocycles. The number of hydrogen-bond donors (Lipinski definition) is 1. The fraction of sp³-hybridized carbons (Fsp3) is 0.565. The molecule has 1 aromatic heterocycles. The summed E-state index contributed by atoms with van der Waals surface area (Å²) in [7, 11) is 0. The van der Waals surface area contributed by atoms with E-state index < -0.39 is 0 Å². The molecule has 4 rings (SSSR count). The fourth-order valence-corrected chi connectivity index (χ4v) is 4.76. The number of likely N-dealkylation sites (tertiary alicyclic amines) is 1. The average molecular weight is 397 g/mol. The molecule has 0 bridgehead atoms. The maximum absolute atomic E-state index is 12.7. The molecule has 2 aromatic rings. The van der Waals surface area contributed by atoms with Crippen LogP contribution < -0.4 is 5.73 Å². The van der Waals surface area contributed by atoms with Crippen molar-refractivity contribution >= 4 is 22.5 Å². The van der Waals surface area contributed by atoms with Crippen molar-refractivity contribution in [3.05, 3.63) is 36.0 Å². The first-order chi connectivity index (χ1) is 14.0. The smallest absolute Gasteiger partial charge is 0.223 e. The number of hydrogen-bond acceptors (Lipinski definition) is 5. The lowest BCUT2D eigenvalue weighted by Crippen LogP contribution is -2.47. The van der Waals surface area contributed by atoms with Crippen LogP contribution in [0, 0.1) is 0 Å². The first kappa shape index (κ1) is 20.1. The number of nitrogens with zero attached hydrogens (tertiary/aromatic N) is 3. The molecular weight excluding hydrogens is 364 g/mol. The number of aromatic nitrogens is 1. The highest BCUT2D eigenvalue weighted by Gasteiger charge is 2.27. The van der Waals surface area contributed by atoms with Gasteiger partial charge in [-0.15, -0.1) is 0 Å². The molecule has 2 saturated heterocycles. The fourth-order valence-electron chi connectivity index (χ4n) is 4.76. The molecule has 3 heterocycles. The van der Waals surface area contributed by atoms with Crippen molar-refractivity contribution in [2.24, 2.45) is 0 Å². The van der Waals surface area contributed by atoms with Crippen LogP contribution in [0.4, 0.5) is 5.69 Å². The minimum atomic E-state index is 0.240. The van der Waals surface area contributed by atoms with E-state index in [1.807, 2.05) is 35.2 Å². The highest BCUT2D eigenvalue weighted by atomic mass is 16.5. The predicted molar refractivity (Wildman–Crippen MR) is 116 cm³/mol. The first-order valence-corrected chi connectivity index (χ1v) is 10.8. The molecule has 1 aromatic carbocycles. The van der Waals surface area contributed by atoms with Crippen LogP contribution in [0.25, 0.3) is 10.9 Å². The second kappa shape index (κ2) is 8.67. The van der Waals surface area contributed by atoms with E-state index in [-0.39, 0.29) is 18.1 Å². The zero-order valence-corrected chi connectivity index (χ0v) is 17.5. The van der Waals surface area contributed by atoms with Crippen LogP contribution in [-0.4, -0.2) is 65.6 Å². The van der Waals surface area contributed by atoms with Gasteiger partial charge in [0, 0.05) is 50.4 Å². The van der Waals surface area contributed by atoms with Crippen LogP contribution in [0.2, 0.25) is 0 Å². The number of rotatable bonds is 4. The number of amides is 1. The van der Waals surface area contributed by atoms with Crippen LogP contribution >= 0.6 is 0 Å². The SMILES string of the molecule is CC1CN(CCC(=O)N2CCC(c3nc4ccccc4cc3N)CC2)CC(C)O1. The number of para-hydroxylation sites is 1. The summed E-state index contributed by atoms with van der Waals surface area (Å²) in [6.45, 7) is 8.40. The Morgan fingerprint density at radius 1 is 1.17 bits per heavy atom. The van der Waals surface area contributed by atoms with Gasteiger partial charge in [0.25, 0.3) is 0 Å². The van der Waals surface area contributed by atoms with E-state index in [2.05, 4.69) is 18.7 Å². The van der Waals surface area contributed by atoms with Crippen molar-refractivity contribution in [2.45, 2.75) is 51.2 Å². The third-order valence-electron chi connectivity index (χ3n) is 6.16. The number of piperidine rings is 1. The monoisotopic (exact) mass is 396 g/mol. The second-order valence-corrected chi connectivity index (χ2v) is 8.58. The topological polar surface area (TPSA) is 71.7 Å². The highest BCUT2D eigenvalue weighted by molar-refractivity contribution is 5.82. The average Bonchev–Trinajstić information content (AvgIpc) is 2.71. The van der Waals surface area contributed by atoms with Gasteiger partial charge in [-0.3, -0.25) is 14.7 Å². The van der Waals surface area contributed by atoms with Gasteiger partial charge in [0.2, 0.25) is 5.91 Å². The van der Waals surface area contributed by atoms with Gasteiger partial charge in [-0.25, -0.2) is 0 Å². The van der Waals surface area contributed by atoms with Gasteiger partial charge in [-0.05, 0) is 38.8 Å². The Morgan fingerprint density at radius 3 is 2.59 bits per heavy atom. The number of nitrogens with two attached hydrogens (primary N) is 1. The Hall–Kier alpha value is -2.18. The lowest BCUT2D eigenvalue weighted by Gasteiger charge is -2.36. The number of carbonyl (C=O) groups excluding carboxylic acids is 1. The van der Waals surface area contributed by atoms with E-state index in [0.717, 1.165) is 67.8 Å². The molecule has 2 fully saturated rings. The standard InChI is InChI=1S/C23H32N4O2/c1-16-14-26(15-17(2)29-16)10-9-22(28)27-11-7-18(8-12-27)23-20(24)13-19-5-3-4-6-21(19)25-23/h3-6,13,16-18H,7-12,14-15,24H2,1-2H3. The van der Waals surface area contributed by atoms with Gasteiger partial charge in [0.15, 0.2) is 0 Å². The number of anilines is 1. The quantitative estimate of drug-likeness (QED) is 0.860. The zero-order valence-electron chi connectivity index (χ0n) is 17.5. The third-order valence-corrected chi connectivity index (χ3v) is 6.16. The Labute approximate surface area is 173 Å². The molecule has 2 aliphatic rings. The summed E-state index contributed by atoms with van der Waals surface area (Å²) in [4.78, 5) is 21.9. The van der Waals surface area contributed by atoms with E-state index >= 15 is 0 Å². The van der Waals surface area contributed by atoms with Crippen LogP contribution in [-0.2, 0) is 9.53 Å². The number of nitrogen functional groups attached to an aromatic ring is 1. The maximum Gasteiger partial charge on any atom is 0.223 e. The summed E-state index contributed by atoms with van der Waals surface area (Å²) in [5.74, 6) is 0.583. The molecule has 29 heavy (non-hydrogen) atoms. The maximum atomic E-state index is 12.7. The van der Waals surface area contributed by atoms with Gasteiger partial charge in [0.05, 0.1) is 29.1 Å². The molecule has 0 aliphatic carbocycles. The molecule has 2 aliphatic heterocycles. The van der Waals surface area contributed by atoms with Gasteiger partial charge in [-0.1, -0.05) is 18.2 Å². The summed E-state index contributed by atoms with van der Waals surface area (Å²) in [5, 5.41) is 1.08. The molecule has 0 spiro atoms. The summed E-state index contributed by atoms with van der Waals surface area (Å²) in [5.41, 5.74) is 9.06. The van der Waals surface area contributed by atoms with Gasteiger partial charge in [-0.2, -0.15) is 0 Å². The Morgan fingerprint density at radius 2 is 1.86 bits per heavy atom. The number of ether oxygens (including phenoxy) is 1. The summed E-state index contributed by atoms with van der Waals surface area (Å²) in [6.07, 6.45) is 2.91. The summed E-state index contributed by atoms with van der Waals surface area (Å²) in [6, 6.07) is 10.1. The predicted octanol–water partition coefficient (Wildman–Crippen LogP) is 3.02. The van der Waals surface area contributed by atoms with Crippen LogP contribution in [0.3, 0.4) is 0 Å². The minimum Gasteiger partial charge on any atom is -0.397 e. The van der Waals surface area contributed by atoms with Crippen molar-refractivity contribution in [1.82, 2.24) is 14.8 Å². The molecule has 2 unspecified atom stereocenters. The second-order valence-electron chi connectivity index (χ2n) is 8.58. The number of carbonyl (C=O) groups is 1. The molecule has 156 valence electrons. The highest BCUT2D eigenvalue weighted by Crippen LogP contribution is 2.32. The number of fused-ring (bicyclic) bond motifs is 1. The Bertz CT molecular complexity index is 853. The van der Waals surface area contributed by atoms with Crippen molar-refractivity contribution in [1.29, 1.82) is 0 Å². The van der Waals surface area contributed by atoms with Crippen molar-refractivity contribution < 1.29 is 9.53 Å². The van der Waals surface area contributed by atoms with E-state index in [1.165, 1.54) is 0 Å². The summed E-state index contributed by atoms with van der Waals surface area (Å²) >= 11 is 0. The van der Waals surface area contributed by atoms with Crippen LogP contribution in [0.15, 0.2) is 30.3 Å². The number of pyridine rings is 1. The lowest BCUT2D eigenvalue weighted by molar-refractivity contribution is -0.133. The van der Waals surface area contributed by atoms with E-state index in [0.29, 0.717) is 12.3 Å². The van der Waals surface area contributed by atoms with Gasteiger partial charge in [0.1, 0.15) is 0 Å². The van der Waals surface area contributed by atoms with E-state index in [1.54, 1.807) is 0 Å². The van der Waals surface area contributed by atoms with Crippen molar-refractivity contribution in [3.8, 4) is 0 Å². The molecule has 2 N–H and O–H groups in total. The third kappa shape index (κ3) is 4.70. The largest absolute Gasteiger partial charge is 0.397 e. The molecule has 6 nitrogen and oxygen atoms in total. The van der Waals surface area contributed by atoms with Crippen LogP contribution in [0.5, 0.6) is 0 Å². The number of morpholine rings is 1. The molecule has 1 amide bonds. The van der Waals surface area contributed by atoms with Gasteiger partial charge >= 0.3 is 0 Å². The lowest BCUT2D eigenvalue weighted by atomic mass is 9.91.